The molecule has 0 unspecified atom stereocenters. The van der Waals surface area contributed by atoms with E-state index in [9.17, 15) is 4.79 Å². The van der Waals surface area contributed by atoms with Crippen LogP contribution in [0.5, 0.6) is 0 Å². The van der Waals surface area contributed by atoms with Gasteiger partial charge in [-0.05, 0) is 37.6 Å². The molecule has 4 nitrogen and oxygen atoms in total. The largest absolute Gasteiger partial charge is 0.352 e. The standard InChI is InChI=1S/C16H19N3O/c1-3-10-17-16(20)13-6-9-15(18-11-13)19-14-7-4-12(2)5-8-14/h4-9,11H,3,10H2,1-2H3,(H,17,20)(H,18,19). The Balaban J connectivity index is 2.01. The molecule has 0 aliphatic heterocycles. The fourth-order valence-electron chi connectivity index (χ4n) is 1.73. The first-order valence-electron chi connectivity index (χ1n) is 6.77. The van der Waals surface area contributed by atoms with Crippen LogP contribution >= 0.6 is 0 Å². The normalized spacial score (nSPS) is 10.1. The second kappa shape index (κ2) is 6.70. The maximum atomic E-state index is 11.7. The highest BCUT2D eigenvalue weighted by Gasteiger charge is 2.05. The Hall–Kier alpha value is -2.36. The molecule has 4 heteroatoms. The molecule has 0 saturated heterocycles. The molecule has 0 aliphatic carbocycles. The highest BCUT2D eigenvalue weighted by Crippen LogP contribution is 2.15. The number of carbonyl (C=O) groups excluding carboxylic acids is 1. The van der Waals surface area contributed by atoms with Crippen LogP contribution in [0.25, 0.3) is 0 Å². The fraction of sp³-hybridized carbons (Fsp3) is 0.250. The lowest BCUT2D eigenvalue weighted by Gasteiger charge is -2.07. The van der Waals surface area contributed by atoms with Crippen LogP contribution in [-0.2, 0) is 0 Å². The number of hydrogen-bond donors (Lipinski definition) is 2. The Kier molecular flexibility index (Phi) is 4.71. The summed E-state index contributed by atoms with van der Waals surface area (Å²) < 4.78 is 0. The van der Waals surface area contributed by atoms with E-state index in [1.54, 1.807) is 18.3 Å². The van der Waals surface area contributed by atoms with E-state index in [2.05, 4.69) is 15.6 Å². The van der Waals surface area contributed by atoms with E-state index >= 15 is 0 Å². The molecule has 104 valence electrons. The number of nitrogens with one attached hydrogen (secondary N) is 2. The number of pyridine rings is 1. The summed E-state index contributed by atoms with van der Waals surface area (Å²) in [6.07, 6.45) is 2.51. The molecule has 0 saturated carbocycles. The van der Waals surface area contributed by atoms with Crippen LogP contribution in [0.2, 0.25) is 0 Å². The fourth-order valence-corrected chi connectivity index (χ4v) is 1.73. The summed E-state index contributed by atoms with van der Waals surface area (Å²) in [5.74, 6) is 0.641. The van der Waals surface area contributed by atoms with Crippen molar-refractivity contribution in [1.29, 1.82) is 0 Å². The van der Waals surface area contributed by atoms with Crippen LogP contribution in [0.3, 0.4) is 0 Å². The number of carbonyl (C=O) groups is 1. The lowest BCUT2D eigenvalue weighted by atomic mass is 10.2. The zero-order valence-electron chi connectivity index (χ0n) is 11.8. The molecule has 1 amide bonds. The van der Waals surface area contributed by atoms with Crippen LogP contribution < -0.4 is 10.6 Å². The first-order valence-corrected chi connectivity index (χ1v) is 6.77. The third-order valence-electron chi connectivity index (χ3n) is 2.89. The smallest absolute Gasteiger partial charge is 0.252 e. The summed E-state index contributed by atoms with van der Waals surface area (Å²) in [6.45, 7) is 4.75. The highest BCUT2D eigenvalue weighted by molar-refractivity contribution is 5.94. The van der Waals surface area contributed by atoms with Crippen LogP contribution in [0.1, 0.15) is 29.3 Å². The maximum absolute atomic E-state index is 11.7. The van der Waals surface area contributed by atoms with E-state index in [0.717, 1.165) is 17.9 Å². The molecule has 1 aromatic carbocycles. The van der Waals surface area contributed by atoms with Gasteiger partial charge in [-0.3, -0.25) is 4.79 Å². The molecule has 2 rings (SSSR count). The lowest BCUT2D eigenvalue weighted by Crippen LogP contribution is -2.24. The van der Waals surface area contributed by atoms with Gasteiger partial charge in [0.2, 0.25) is 0 Å². The minimum absolute atomic E-state index is 0.0822. The number of anilines is 2. The summed E-state index contributed by atoms with van der Waals surface area (Å²) in [6, 6.07) is 11.6. The van der Waals surface area contributed by atoms with Gasteiger partial charge in [-0.2, -0.15) is 0 Å². The molecule has 0 aliphatic rings. The minimum Gasteiger partial charge on any atom is -0.352 e. The second-order valence-corrected chi connectivity index (χ2v) is 4.68. The van der Waals surface area contributed by atoms with Crippen molar-refractivity contribution in [2.45, 2.75) is 20.3 Å². The first-order chi connectivity index (χ1) is 9.69. The first kappa shape index (κ1) is 14.1. The summed E-state index contributed by atoms with van der Waals surface area (Å²) in [7, 11) is 0. The number of amides is 1. The third kappa shape index (κ3) is 3.82. The Morgan fingerprint density at radius 3 is 2.50 bits per heavy atom. The van der Waals surface area contributed by atoms with Gasteiger partial charge in [-0.1, -0.05) is 24.6 Å². The maximum Gasteiger partial charge on any atom is 0.252 e. The molecule has 20 heavy (non-hydrogen) atoms. The molecule has 0 spiro atoms. The zero-order valence-corrected chi connectivity index (χ0v) is 11.8. The Labute approximate surface area is 119 Å². The van der Waals surface area contributed by atoms with Gasteiger partial charge in [0, 0.05) is 18.4 Å². The zero-order chi connectivity index (χ0) is 14.4. The van der Waals surface area contributed by atoms with Crippen molar-refractivity contribution >= 4 is 17.4 Å². The summed E-state index contributed by atoms with van der Waals surface area (Å²) in [5.41, 5.74) is 2.77. The molecule has 0 radical (unpaired) electrons. The third-order valence-corrected chi connectivity index (χ3v) is 2.89. The van der Waals surface area contributed by atoms with Crippen molar-refractivity contribution in [2.75, 3.05) is 11.9 Å². The van der Waals surface area contributed by atoms with Crippen molar-refractivity contribution in [3.05, 3.63) is 53.7 Å². The van der Waals surface area contributed by atoms with Crippen LogP contribution in [-0.4, -0.2) is 17.4 Å². The number of nitrogens with zero attached hydrogens (tertiary/aromatic N) is 1. The summed E-state index contributed by atoms with van der Waals surface area (Å²) in [4.78, 5) is 16.0. The van der Waals surface area contributed by atoms with E-state index in [-0.39, 0.29) is 5.91 Å². The predicted molar refractivity (Wildman–Crippen MR) is 81.3 cm³/mol. The number of aromatic nitrogens is 1. The Bertz CT molecular complexity index is 561. The summed E-state index contributed by atoms with van der Waals surface area (Å²) in [5, 5.41) is 6.02. The molecule has 2 N–H and O–H groups in total. The van der Waals surface area contributed by atoms with E-state index in [4.69, 9.17) is 0 Å². The SMILES string of the molecule is CCCNC(=O)c1ccc(Nc2ccc(C)cc2)nc1. The quantitative estimate of drug-likeness (QED) is 0.876. The molecule has 2 aromatic rings. The van der Waals surface area contributed by atoms with Gasteiger partial charge in [0.05, 0.1) is 5.56 Å². The average Bonchev–Trinajstić information content (AvgIpc) is 2.48. The van der Waals surface area contributed by atoms with Crippen LogP contribution in [0.4, 0.5) is 11.5 Å². The second-order valence-electron chi connectivity index (χ2n) is 4.68. The van der Waals surface area contributed by atoms with Gasteiger partial charge in [-0.25, -0.2) is 4.98 Å². The van der Waals surface area contributed by atoms with Crippen LogP contribution in [0, 0.1) is 6.92 Å². The van der Waals surface area contributed by atoms with E-state index in [1.165, 1.54) is 5.56 Å². The Morgan fingerprint density at radius 1 is 1.15 bits per heavy atom. The summed E-state index contributed by atoms with van der Waals surface area (Å²) >= 11 is 0. The van der Waals surface area contributed by atoms with Gasteiger partial charge in [0.25, 0.3) is 5.91 Å². The van der Waals surface area contributed by atoms with Crippen molar-refractivity contribution in [3.63, 3.8) is 0 Å². The van der Waals surface area contributed by atoms with Crippen molar-refractivity contribution in [2.24, 2.45) is 0 Å². The molecule has 1 heterocycles. The number of rotatable bonds is 5. The highest BCUT2D eigenvalue weighted by atomic mass is 16.1. The van der Waals surface area contributed by atoms with Crippen molar-refractivity contribution < 1.29 is 4.79 Å². The molecule has 1 aromatic heterocycles. The number of hydrogen-bond acceptors (Lipinski definition) is 3. The van der Waals surface area contributed by atoms with E-state index in [1.807, 2.05) is 38.1 Å². The van der Waals surface area contributed by atoms with E-state index in [0.29, 0.717) is 12.1 Å². The number of benzene rings is 1. The Morgan fingerprint density at radius 2 is 1.90 bits per heavy atom. The molecule has 0 atom stereocenters. The van der Waals surface area contributed by atoms with Gasteiger partial charge in [0.1, 0.15) is 5.82 Å². The van der Waals surface area contributed by atoms with Gasteiger partial charge in [-0.15, -0.1) is 0 Å². The topological polar surface area (TPSA) is 54.0 Å². The van der Waals surface area contributed by atoms with Gasteiger partial charge >= 0.3 is 0 Å². The number of aryl methyl sites for hydroxylation is 1. The van der Waals surface area contributed by atoms with Crippen molar-refractivity contribution in [1.82, 2.24) is 10.3 Å². The van der Waals surface area contributed by atoms with Gasteiger partial charge < -0.3 is 10.6 Å². The van der Waals surface area contributed by atoms with E-state index < -0.39 is 0 Å². The lowest BCUT2D eigenvalue weighted by molar-refractivity contribution is 0.0953. The molecular formula is C16H19N3O. The molecule has 0 fully saturated rings. The average molecular weight is 269 g/mol. The molecule has 0 bridgehead atoms. The monoisotopic (exact) mass is 269 g/mol. The minimum atomic E-state index is -0.0822. The molecular weight excluding hydrogens is 250 g/mol. The van der Waals surface area contributed by atoms with Crippen molar-refractivity contribution in [3.8, 4) is 0 Å². The van der Waals surface area contributed by atoms with Gasteiger partial charge in [0.15, 0.2) is 0 Å². The van der Waals surface area contributed by atoms with Crippen LogP contribution in [0.15, 0.2) is 42.6 Å². The predicted octanol–water partition coefficient (Wildman–Crippen LogP) is 3.27.